The maximum atomic E-state index is 12.9. The fraction of sp³-hybridized carbons (Fsp3) is 0.100. The van der Waals surface area contributed by atoms with Gasteiger partial charge in [0.1, 0.15) is 0 Å². The molecule has 0 radical (unpaired) electrons. The molecule has 1 saturated heterocycles. The van der Waals surface area contributed by atoms with Gasteiger partial charge in [-0.05, 0) is 54.1 Å². The Bertz CT molecular complexity index is 998. The summed E-state index contributed by atoms with van der Waals surface area (Å²) in [6, 6.07) is 12.5. The molecule has 3 rings (SSSR count). The van der Waals surface area contributed by atoms with E-state index in [1.165, 1.54) is 0 Å². The van der Waals surface area contributed by atoms with Crippen LogP contribution in [0.25, 0.3) is 6.08 Å². The first-order valence-corrected chi connectivity index (χ1v) is 9.31. The van der Waals surface area contributed by atoms with Gasteiger partial charge in [-0.2, -0.15) is 13.2 Å². The van der Waals surface area contributed by atoms with Crippen molar-refractivity contribution in [3.8, 4) is 0 Å². The van der Waals surface area contributed by atoms with Crippen molar-refractivity contribution < 1.29 is 18.0 Å². The lowest BCUT2D eigenvalue weighted by Gasteiger charge is -2.08. The predicted molar refractivity (Wildman–Crippen MR) is 107 cm³/mol. The largest absolute Gasteiger partial charge is 0.416 e. The Morgan fingerprint density at radius 1 is 1.18 bits per heavy atom. The molecule has 2 aromatic carbocycles. The van der Waals surface area contributed by atoms with Gasteiger partial charge in [0.05, 0.1) is 21.2 Å². The maximum absolute atomic E-state index is 12.9. The number of nitrogens with one attached hydrogen (secondary N) is 1. The van der Waals surface area contributed by atoms with E-state index in [9.17, 15) is 18.0 Å². The molecule has 2 aromatic rings. The van der Waals surface area contributed by atoms with Crippen LogP contribution in [0.4, 0.5) is 18.9 Å². The third kappa shape index (κ3) is 5.05. The molecule has 3 nitrogen and oxygen atoms in total. The van der Waals surface area contributed by atoms with E-state index in [1.807, 2.05) is 43.3 Å². The van der Waals surface area contributed by atoms with Crippen LogP contribution in [0.3, 0.4) is 0 Å². The van der Waals surface area contributed by atoms with Crippen LogP contribution in [-0.4, -0.2) is 11.1 Å². The van der Waals surface area contributed by atoms with Crippen LogP contribution < -0.4 is 5.32 Å². The molecule has 0 aromatic heterocycles. The molecule has 1 heterocycles. The minimum atomic E-state index is -4.50. The number of nitrogens with zero attached hydrogens (tertiary/aromatic N) is 1. The van der Waals surface area contributed by atoms with E-state index in [4.69, 9.17) is 11.6 Å². The molecule has 1 N–H and O–H groups in total. The molecule has 1 amide bonds. The lowest BCUT2D eigenvalue weighted by molar-refractivity contribution is -0.137. The summed E-state index contributed by atoms with van der Waals surface area (Å²) in [7, 11) is 0. The molecule has 0 unspecified atom stereocenters. The lowest BCUT2D eigenvalue weighted by Crippen LogP contribution is -2.19. The third-order valence-corrected chi connectivity index (χ3v) is 4.93. The van der Waals surface area contributed by atoms with Gasteiger partial charge in [0.15, 0.2) is 5.17 Å². The fourth-order valence-corrected chi connectivity index (χ4v) is 3.47. The third-order valence-electron chi connectivity index (χ3n) is 3.70. The van der Waals surface area contributed by atoms with Crippen molar-refractivity contribution in [2.75, 3.05) is 0 Å². The van der Waals surface area contributed by atoms with Crippen LogP contribution in [0.2, 0.25) is 5.02 Å². The van der Waals surface area contributed by atoms with Gasteiger partial charge in [0, 0.05) is 0 Å². The molecule has 0 atom stereocenters. The first-order valence-electron chi connectivity index (χ1n) is 8.12. The molecule has 0 spiro atoms. The summed E-state index contributed by atoms with van der Waals surface area (Å²) in [6.07, 6.45) is -0.890. The van der Waals surface area contributed by atoms with Crippen molar-refractivity contribution in [2.24, 2.45) is 4.99 Å². The highest BCUT2D eigenvalue weighted by Crippen LogP contribution is 2.36. The molecule has 1 aliphatic heterocycles. The molecule has 28 heavy (non-hydrogen) atoms. The molecule has 0 bridgehead atoms. The number of hydrogen-bond acceptors (Lipinski definition) is 3. The van der Waals surface area contributed by atoms with Crippen molar-refractivity contribution in [2.45, 2.75) is 13.1 Å². The number of amides is 1. The zero-order valence-electron chi connectivity index (χ0n) is 14.5. The van der Waals surface area contributed by atoms with Crippen molar-refractivity contribution in [1.29, 1.82) is 0 Å². The number of rotatable bonds is 3. The van der Waals surface area contributed by atoms with Crippen LogP contribution in [0.15, 0.2) is 70.1 Å². The second kappa shape index (κ2) is 8.24. The smallest absolute Gasteiger partial charge is 0.300 e. The second-order valence-electron chi connectivity index (χ2n) is 5.94. The summed E-state index contributed by atoms with van der Waals surface area (Å²) in [5.41, 5.74) is 0.923. The number of allylic oxidation sites excluding steroid dienone is 2. The number of carbonyl (C=O) groups is 1. The topological polar surface area (TPSA) is 41.5 Å². The van der Waals surface area contributed by atoms with Gasteiger partial charge in [-0.15, -0.1) is 0 Å². The van der Waals surface area contributed by atoms with E-state index in [2.05, 4.69) is 10.3 Å². The number of carbonyl (C=O) groups excluding carboxylic acids is 1. The Morgan fingerprint density at radius 3 is 2.57 bits per heavy atom. The van der Waals surface area contributed by atoms with E-state index in [0.717, 1.165) is 41.1 Å². The number of benzene rings is 2. The highest BCUT2D eigenvalue weighted by molar-refractivity contribution is 8.18. The predicted octanol–water partition coefficient (Wildman–Crippen LogP) is 6.20. The zero-order chi connectivity index (χ0) is 20.3. The van der Waals surface area contributed by atoms with Gasteiger partial charge in [-0.25, -0.2) is 4.99 Å². The minimum Gasteiger partial charge on any atom is -0.300 e. The number of aliphatic imine (C=N–C) groups is 1. The first-order chi connectivity index (χ1) is 13.2. The molecule has 0 aliphatic carbocycles. The molecule has 8 heteroatoms. The van der Waals surface area contributed by atoms with E-state index in [0.29, 0.717) is 4.91 Å². The normalized spacial score (nSPS) is 18.0. The van der Waals surface area contributed by atoms with Gasteiger partial charge in [0.2, 0.25) is 0 Å². The Hall–Kier alpha value is -2.51. The van der Waals surface area contributed by atoms with Crippen LogP contribution in [0.5, 0.6) is 0 Å². The average molecular weight is 423 g/mol. The number of thioether (sulfide) groups is 1. The second-order valence-corrected chi connectivity index (χ2v) is 7.38. The number of amidine groups is 1. The van der Waals surface area contributed by atoms with Crippen molar-refractivity contribution in [3.05, 3.63) is 81.2 Å². The summed E-state index contributed by atoms with van der Waals surface area (Å²) in [5, 5.41) is 2.78. The molecule has 1 aliphatic rings. The van der Waals surface area contributed by atoms with E-state index in [1.54, 1.807) is 6.08 Å². The van der Waals surface area contributed by atoms with E-state index in [-0.39, 0.29) is 21.8 Å². The van der Waals surface area contributed by atoms with Crippen molar-refractivity contribution >= 4 is 46.2 Å². The van der Waals surface area contributed by atoms with Crippen LogP contribution in [0, 0.1) is 0 Å². The van der Waals surface area contributed by atoms with Crippen LogP contribution in [0.1, 0.15) is 18.1 Å². The van der Waals surface area contributed by atoms with Gasteiger partial charge in [-0.1, -0.05) is 48.0 Å². The standard InChI is InChI=1S/C20H14ClF3N2OS/c1-12(9-13-5-3-2-4-6-13)10-17-18(27)26-19(28-17)25-16-11-14(20(22,23)24)7-8-15(16)21/h2-11H,1H3,(H,25,26,27)/b12-9+,17-10-. The Morgan fingerprint density at radius 2 is 1.89 bits per heavy atom. The fourth-order valence-electron chi connectivity index (χ4n) is 2.43. The minimum absolute atomic E-state index is 0.0582. The monoisotopic (exact) mass is 422 g/mol. The summed E-state index contributed by atoms with van der Waals surface area (Å²) in [4.78, 5) is 16.6. The lowest BCUT2D eigenvalue weighted by atomic mass is 10.1. The average Bonchev–Trinajstić information content (AvgIpc) is 2.95. The Balaban J connectivity index is 1.84. The molecular formula is C20H14ClF3N2OS. The number of alkyl halides is 3. The molecular weight excluding hydrogens is 409 g/mol. The summed E-state index contributed by atoms with van der Waals surface area (Å²) >= 11 is 7.00. The van der Waals surface area contributed by atoms with Gasteiger partial charge >= 0.3 is 6.18 Å². The van der Waals surface area contributed by atoms with Gasteiger partial charge < -0.3 is 5.32 Å². The highest BCUT2D eigenvalue weighted by atomic mass is 35.5. The van der Waals surface area contributed by atoms with Gasteiger partial charge in [0.25, 0.3) is 5.91 Å². The highest BCUT2D eigenvalue weighted by Gasteiger charge is 2.31. The number of hydrogen-bond donors (Lipinski definition) is 1. The SMILES string of the molecule is CC(/C=C1\SC(=Nc2cc(C(F)(F)F)ccc2Cl)NC1=O)=C\c1ccccc1. The number of halogens is 4. The van der Waals surface area contributed by atoms with Crippen LogP contribution in [-0.2, 0) is 11.0 Å². The van der Waals surface area contributed by atoms with Crippen LogP contribution >= 0.6 is 23.4 Å². The van der Waals surface area contributed by atoms with Crippen molar-refractivity contribution in [1.82, 2.24) is 5.32 Å². The molecule has 144 valence electrons. The van der Waals surface area contributed by atoms with Gasteiger partial charge in [-0.3, -0.25) is 4.79 Å². The maximum Gasteiger partial charge on any atom is 0.416 e. The summed E-state index contributed by atoms with van der Waals surface area (Å²) < 4.78 is 38.6. The zero-order valence-corrected chi connectivity index (χ0v) is 16.1. The molecule has 0 saturated carbocycles. The van der Waals surface area contributed by atoms with Crippen molar-refractivity contribution in [3.63, 3.8) is 0 Å². The Labute approximate surface area is 169 Å². The molecule has 1 fully saturated rings. The quantitative estimate of drug-likeness (QED) is 0.598. The summed E-state index contributed by atoms with van der Waals surface area (Å²) in [6.45, 7) is 1.85. The Kier molecular flexibility index (Phi) is 5.96. The first kappa shape index (κ1) is 20.2. The van der Waals surface area contributed by atoms with E-state index < -0.39 is 11.7 Å². The van der Waals surface area contributed by atoms with E-state index >= 15 is 0 Å². The summed E-state index contributed by atoms with van der Waals surface area (Å²) in [5.74, 6) is -0.368.